The Hall–Kier alpha value is -6.24. The van der Waals surface area contributed by atoms with Crippen LogP contribution in [0.25, 0.3) is 21.7 Å². The van der Waals surface area contributed by atoms with Crippen molar-refractivity contribution in [3.05, 3.63) is 89.3 Å². The number of aliphatic hydroxyl groups excluding tert-OH is 1. The third kappa shape index (κ3) is 9.64. The molecule has 5 aliphatic rings. The highest BCUT2D eigenvalue weighted by atomic mass is 32.1. The van der Waals surface area contributed by atoms with Gasteiger partial charge >= 0.3 is 0 Å². The number of piperidine rings is 1. The summed E-state index contributed by atoms with van der Waals surface area (Å²) in [5.41, 5.74) is 13.7. The van der Waals surface area contributed by atoms with Crippen LogP contribution in [-0.2, 0) is 20.9 Å². The second-order valence-electron chi connectivity index (χ2n) is 21.0. The number of nitrogens with zero attached hydrogens (tertiary/aromatic N) is 9. The number of fused-ring (bicyclic) bond motifs is 2. The van der Waals surface area contributed by atoms with Crippen LogP contribution in [0.1, 0.15) is 88.5 Å². The molecule has 0 spiro atoms. The van der Waals surface area contributed by atoms with Crippen LogP contribution in [0.4, 0.5) is 17.5 Å². The summed E-state index contributed by atoms with van der Waals surface area (Å²) in [6.07, 6.45) is 8.82. The third-order valence-electron chi connectivity index (χ3n) is 15.4. The van der Waals surface area contributed by atoms with Gasteiger partial charge in [0, 0.05) is 74.6 Å². The Bertz CT molecular complexity index is 2680. The lowest BCUT2D eigenvalue weighted by Crippen LogP contribution is -2.60. The molecule has 2 bridgehead atoms. The smallest absolute Gasteiger partial charge is 0.246 e. The predicted molar refractivity (Wildman–Crippen MR) is 269 cm³/mol. The van der Waals surface area contributed by atoms with E-state index >= 15 is 0 Å². The van der Waals surface area contributed by atoms with Gasteiger partial charge in [-0.1, -0.05) is 57.2 Å². The molecule has 4 aliphatic heterocycles. The van der Waals surface area contributed by atoms with Crippen LogP contribution in [0.3, 0.4) is 0 Å². The van der Waals surface area contributed by atoms with E-state index in [2.05, 4.69) is 40.5 Å². The summed E-state index contributed by atoms with van der Waals surface area (Å²) >= 11 is 1.59. The summed E-state index contributed by atoms with van der Waals surface area (Å²) in [6, 6.07) is 16.1. The zero-order valence-corrected chi connectivity index (χ0v) is 41.2. The summed E-state index contributed by atoms with van der Waals surface area (Å²) in [7, 11) is 0. The number of para-hydroxylation sites is 1. The van der Waals surface area contributed by atoms with Gasteiger partial charge in [0.15, 0.2) is 5.82 Å². The maximum absolute atomic E-state index is 14.3. The number of hydrogen-bond acceptors (Lipinski definition) is 15. The second kappa shape index (κ2) is 19.5. The minimum absolute atomic E-state index is 0.0331. The van der Waals surface area contributed by atoms with Crippen LogP contribution in [0, 0.1) is 18.3 Å². The topological polar surface area (TPSA) is 219 Å². The molecule has 1 aliphatic carbocycles. The molecule has 17 nitrogen and oxygen atoms in total. The highest BCUT2D eigenvalue weighted by Gasteiger charge is 2.47. The Labute approximate surface area is 412 Å². The number of likely N-dealkylation sites (tertiary alicyclic amines) is 2. The SMILES string of the molecule is Cc1ncsc1-c1ccc(CNC(=O)[C@@H]2C[C@@H](O)CN2C(=O)[C@@H](NC(=O)[C@H]2C[C@@H](N3CCC(c4cnc(N5C6CCC5CN(c5cc(-c7ccccc7O)nnc5N)C6)nc4)CC3)C2)C(C)(C)C)cc1. The van der Waals surface area contributed by atoms with Gasteiger partial charge < -0.3 is 46.2 Å². The fraction of sp³-hybridized carbons (Fsp3) is 0.500. The van der Waals surface area contributed by atoms with Crippen molar-refractivity contribution < 1.29 is 24.6 Å². The van der Waals surface area contributed by atoms with Gasteiger partial charge in [0.25, 0.3) is 0 Å². The van der Waals surface area contributed by atoms with Crippen molar-refractivity contribution in [2.24, 2.45) is 11.3 Å². The number of phenols is 1. The first-order chi connectivity index (χ1) is 33.7. The van der Waals surface area contributed by atoms with E-state index in [0.29, 0.717) is 29.0 Å². The number of thiazole rings is 1. The summed E-state index contributed by atoms with van der Waals surface area (Å²) in [6.45, 7) is 11.4. The number of carbonyl (C=O) groups excluding carboxylic acids is 3. The van der Waals surface area contributed by atoms with Gasteiger partial charge in [-0.2, -0.15) is 0 Å². The van der Waals surface area contributed by atoms with Crippen LogP contribution in [-0.4, -0.2) is 132 Å². The molecule has 3 amide bonds. The number of hydrogen-bond donors (Lipinski definition) is 5. The molecule has 0 radical (unpaired) electrons. The number of anilines is 3. The Kier molecular flexibility index (Phi) is 13.2. The molecule has 2 unspecified atom stereocenters. The minimum atomic E-state index is -0.860. The quantitative estimate of drug-likeness (QED) is 0.108. The molecule has 18 heteroatoms. The number of aromatic hydroxyl groups is 1. The van der Waals surface area contributed by atoms with Gasteiger partial charge in [0.1, 0.15) is 17.8 Å². The first-order valence-electron chi connectivity index (χ1n) is 24.7. The molecule has 1 saturated carbocycles. The van der Waals surface area contributed by atoms with Crippen LogP contribution in [0.5, 0.6) is 5.75 Å². The Morgan fingerprint density at radius 3 is 2.23 bits per heavy atom. The molecule has 3 aromatic heterocycles. The summed E-state index contributed by atoms with van der Waals surface area (Å²) in [5.74, 6) is 0.627. The molecule has 5 fully saturated rings. The standard InChI is InChI=1S/C52H64N12O5S/c1-30-45(70-29-57-30)33-11-9-31(10-12-33)23-54-49(68)43-21-39(65)28-63(43)50(69)46(52(2,3)4)58-48(67)34-19-38(20-34)61-17-15-32(16-18-61)35-24-55-51(56-25-35)64-36-13-14-37(64)27-62(26-36)42-22-41(59-60-47(42)53)40-7-5-6-8-44(40)66/h5-12,22,24-25,29,32,34,36-39,43,46,65-66H,13-21,23,26-28H2,1-4H3,(H2,53,60)(H,54,68)(H,58,67)/t34-,36?,37?,38+,39-,43+,46-/m1/s1. The molecule has 6 N–H and O–H groups in total. The van der Waals surface area contributed by atoms with Gasteiger partial charge in [-0.15, -0.1) is 21.5 Å². The van der Waals surface area contributed by atoms with Crippen LogP contribution >= 0.6 is 11.3 Å². The van der Waals surface area contributed by atoms with Gasteiger partial charge in [-0.25, -0.2) is 15.0 Å². The number of β-amino-alcohol motifs (C(OH)–C–C–N with tert-alkyl or cyclic N) is 1. The molecular formula is C52H64N12O5S. The van der Waals surface area contributed by atoms with Crippen molar-refractivity contribution in [1.82, 2.24) is 45.6 Å². The molecule has 10 rings (SSSR count). The van der Waals surface area contributed by atoms with E-state index in [1.807, 2.05) is 88.1 Å². The largest absolute Gasteiger partial charge is 0.507 e. The number of benzene rings is 2. The number of aromatic nitrogens is 5. The van der Waals surface area contributed by atoms with Gasteiger partial charge in [-0.05, 0) is 105 Å². The molecule has 4 saturated heterocycles. The third-order valence-corrected chi connectivity index (χ3v) is 16.4. The van der Waals surface area contributed by atoms with Crippen molar-refractivity contribution in [3.8, 4) is 27.4 Å². The van der Waals surface area contributed by atoms with Crippen LogP contribution < -0.4 is 26.2 Å². The molecular weight excluding hydrogens is 905 g/mol. The zero-order chi connectivity index (χ0) is 48.8. The van der Waals surface area contributed by atoms with Crippen molar-refractivity contribution in [2.75, 3.05) is 48.3 Å². The lowest BCUT2D eigenvalue weighted by atomic mass is 9.76. The summed E-state index contributed by atoms with van der Waals surface area (Å²) in [4.78, 5) is 65.6. The maximum atomic E-state index is 14.3. The van der Waals surface area contributed by atoms with E-state index in [-0.39, 0.29) is 61.0 Å². The number of aliphatic hydroxyl groups is 1. The van der Waals surface area contributed by atoms with E-state index in [0.717, 1.165) is 104 Å². The molecule has 5 atom stereocenters. The molecule has 70 heavy (non-hydrogen) atoms. The van der Waals surface area contributed by atoms with Crippen LogP contribution in [0.15, 0.2) is 72.5 Å². The first-order valence-corrected chi connectivity index (χ1v) is 25.6. The lowest BCUT2D eigenvalue weighted by Gasteiger charge is -2.46. The van der Waals surface area contributed by atoms with Gasteiger partial charge in [0.05, 0.1) is 33.6 Å². The number of phenolic OH excluding ortho intramolecular Hbond substituents is 1. The van der Waals surface area contributed by atoms with E-state index in [1.165, 1.54) is 4.90 Å². The first kappa shape index (κ1) is 47.4. The van der Waals surface area contributed by atoms with E-state index in [1.54, 1.807) is 23.5 Å². The van der Waals surface area contributed by atoms with E-state index in [4.69, 9.17) is 15.7 Å². The number of piperazine rings is 1. The highest BCUT2D eigenvalue weighted by molar-refractivity contribution is 7.13. The lowest BCUT2D eigenvalue weighted by molar-refractivity contribution is -0.145. The average molecular weight is 969 g/mol. The van der Waals surface area contributed by atoms with E-state index in [9.17, 15) is 24.6 Å². The fourth-order valence-electron chi connectivity index (χ4n) is 11.3. The number of amides is 3. The second-order valence-corrected chi connectivity index (χ2v) is 21.9. The average Bonchev–Trinajstić information content (AvgIpc) is 4.03. The molecule has 7 heterocycles. The van der Waals surface area contributed by atoms with Gasteiger partial charge in [-0.3, -0.25) is 14.4 Å². The number of nitrogens with one attached hydrogen (secondary N) is 2. The maximum Gasteiger partial charge on any atom is 0.246 e. The van der Waals surface area contributed by atoms with Crippen LogP contribution in [0.2, 0.25) is 0 Å². The number of aryl methyl sites for hydroxylation is 1. The number of rotatable bonds is 12. The van der Waals surface area contributed by atoms with Crippen molar-refractivity contribution in [1.29, 1.82) is 0 Å². The molecule has 5 aromatic rings. The Morgan fingerprint density at radius 1 is 0.871 bits per heavy atom. The van der Waals surface area contributed by atoms with Crippen molar-refractivity contribution in [2.45, 2.75) is 121 Å². The number of nitrogens with two attached hydrogens (primary N) is 1. The number of carbonyl (C=O) groups is 3. The van der Waals surface area contributed by atoms with Gasteiger partial charge in [0.2, 0.25) is 23.7 Å². The normalized spacial score (nSPS) is 24.3. The molecule has 368 valence electrons. The predicted octanol–water partition coefficient (Wildman–Crippen LogP) is 5.28. The van der Waals surface area contributed by atoms with Crippen molar-refractivity contribution in [3.63, 3.8) is 0 Å². The fourth-order valence-corrected chi connectivity index (χ4v) is 12.1. The summed E-state index contributed by atoms with van der Waals surface area (Å²) in [5, 5.41) is 35.7. The molecule has 2 aromatic carbocycles. The Morgan fingerprint density at radius 2 is 1.57 bits per heavy atom. The van der Waals surface area contributed by atoms with Crippen molar-refractivity contribution >= 4 is 46.5 Å². The minimum Gasteiger partial charge on any atom is -0.507 e. The van der Waals surface area contributed by atoms with E-state index < -0.39 is 23.6 Å². The number of nitrogen functional groups attached to an aromatic ring is 1. The Balaban J connectivity index is 0.690. The zero-order valence-electron chi connectivity index (χ0n) is 40.4. The highest BCUT2D eigenvalue weighted by Crippen LogP contribution is 2.40. The monoisotopic (exact) mass is 968 g/mol. The summed E-state index contributed by atoms with van der Waals surface area (Å²) < 4.78 is 0.